The molecule has 5 N–H and O–H groups in total. The van der Waals surface area contributed by atoms with Crippen LogP contribution in [-0.4, -0.2) is 101 Å². The lowest BCUT2D eigenvalue weighted by Gasteiger charge is -2.39. The van der Waals surface area contributed by atoms with Gasteiger partial charge >= 0.3 is 12.0 Å². The molecule has 2 saturated carbocycles. The lowest BCUT2D eigenvalue weighted by atomic mass is 9.80. The molecule has 3 fully saturated rings. The summed E-state index contributed by atoms with van der Waals surface area (Å²) in [5, 5.41) is 16.4. The third kappa shape index (κ3) is 7.57. The Hall–Kier alpha value is -4.96. The molecule has 15 nitrogen and oxygen atoms in total. The number of nitrogens with two attached hydrogens (primary N) is 1. The lowest BCUT2D eigenvalue weighted by Crippen LogP contribution is -2.49. The molecule has 1 saturated heterocycles. The molecule has 4 amide bonds. The summed E-state index contributed by atoms with van der Waals surface area (Å²) < 4.78 is 3.72. The molecular formula is C44H52Cl2N10O5. The van der Waals surface area contributed by atoms with Crippen molar-refractivity contribution in [2.24, 2.45) is 30.7 Å². The van der Waals surface area contributed by atoms with Crippen molar-refractivity contribution in [2.75, 3.05) is 43.4 Å². The number of rotatable bonds is 10. The number of fused-ring (bicyclic) bond motifs is 4. The quantitative estimate of drug-likeness (QED) is 0.142. The Labute approximate surface area is 364 Å². The van der Waals surface area contributed by atoms with Gasteiger partial charge in [0.2, 0.25) is 0 Å². The minimum absolute atomic E-state index is 0.125. The van der Waals surface area contributed by atoms with Gasteiger partial charge in [0.05, 0.1) is 38.2 Å². The van der Waals surface area contributed by atoms with E-state index in [4.69, 9.17) is 38.9 Å². The molecule has 17 heteroatoms. The fourth-order valence-corrected chi connectivity index (χ4v) is 11.4. The smallest absolute Gasteiger partial charge is 0.314 e. The van der Waals surface area contributed by atoms with Crippen LogP contribution in [0.1, 0.15) is 95.4 Å². The minimum atomic E-state index is -0.633. The molecule has 0 unspecified atom stereocenters. The Morgan fingerprint density at radius 3 is 1.85 bits per heavy atom. The fraction of sp³-hybridized carbons (Fsp3) is 0.500. The highest BCUT2D eigenvalue weighted by Gasteiger charge is 2.57. The lowest BCUT2D eigenvalue weighted by molar-refractivity contribution is -0.148. The average molecular weight is 872 g/mol. The zero-order valence-electron chi connectivity index (χ0n) is 34.6. The molecule has 4 aromatic rings. The standard InChI is InChI=1S/C44H52Cl2N10O5/c1-52-33-11-18-54(22-17-43-13-15-44(25-43,16-14-43)41(59)60)23-31(33)48-37(52)39(57)50-29-7-3-5-27(35(29)45)28-6-4-8-30(36(28)46)51-40(58)38-49-32-24-56(21-12-34(32)53(38)2)26-9-19-55(20-10-26)42(47)61/h3-8,26H,9-25H2,1-2H3,(H2,47,61)(H,50,57)(H,51,58)(H,59,60). The highest BCUT2D eigenvalue weighted by atomic mass is 35.5. The molecule has 0 radical (unpaired) electrons. The number of amides is 4. The number of carboxylic acids is 1. The molecule has 61 heavy (non-hydrogen) atoms. The number of nitrogens with one attached hydrogen (secondary N) is 2. The molecule has 2 aliphatic carbocycles. The van der Waals surface area contributed by atoms with E-state index in [1.54, 1.807) is 29.2 Å². The molecule has 5 aliphatic rings. The van der Waals surface area contributed by atoms with Crippen molar-refractivity contribution in [3.05, 3.63) is 80.9 Å². The minimum Gasteiger partial charge on any atom is -0.481 e. The van der Waals surface area contributed by atoms with Crippen molar-refractivity contribution >= 4 is 58.4 Å². The maximum absolute atomic E-state index is 13.8. The van der Waals surface area contributed by atoms with E-state index >= 15 is 0 Å². The Morgan fingerprint density at radius 1 is 0.787 bits per heavy atom. The molecule has 0 spiro atoms. The molecule has 322 valence electrons. The van der Waals surface area contributed by atoms with E-state index in [1.165, 1.54) is 0 Å². The predicted octanol–water partition coefficient (Wildman–Crippen LogP) is 6.32. The van der Waals surface area contributed by atoms with Gasteiger partial charge in [-0.25, -0.2) is 14.8 Å². The van der Waals surface area contributed by atoms with Gasteiger partial charge in [-0.1, -0.05) is 47.5 Å². The van der Waals surface area contributed by atoms with Crippen LogP contribution in [-0.2, 0) is 44.8 Å². The van der Waals surface area contributed by atoms with Gasteiger partial charge in [-0.15, -0.1) is 0 Å². The topological polar surface area (TPSA) is 184 Å². The van der Waals surface area contributed by atoms with Crippen LogP contribution in [0.2, 0.25) is 10.0 Å². The number of piperidine rings is 1. The van der Waals surface area contributed by atoms with Crippen LogP contribution >= 0.6 is 23.2 Å². The summed E-state index contributed by atoms with van der Waals surface area (Å²) >= 11 is 14.0. The van der Waals surface area contributed by atoms with Gasteiger partial charge in [0, 0.05) is 94.8 Å². The second-order valence-corrected chi connectivity index (χ2v) is 18.6. The highest BCUT2D eigenvalue weighted by Crippen LogP contribution is 2.63. The predicted molar refractivity (Wildman–Crippen MR) is 232 cm³/mol. The summed E-state index contributed by atoms with van der Waals surface area (Å²) in [7, 11) is 3.72. The molecule has 2 aromatic carbocycles. The maximum atomic E-state index is 13.8. The van der Waals surface area contributed by atoms with Gasteiger partial charge in [-0.05, 0) is 75.5 Å². The van der Waals surface area contributed by atoms with Gasteiger partial charge in [0.25, 0.3) is 11.8 Å². The number of carboxylic acid groups (broad SMARTS) is 1. The number of aliphatic carboxylic acids is 1. The Kier molecular flexibility index (Phi) is 10.9. The Morgan fingerprint density at radius 2 is 1.33 bits per heavy atom. The highest BCUT2D eigenvalue weighted by molar-refractivity contribution is 6.40. The number of hydrogen-bond donors (Lipinski definition) is 4. The number of anilines is 2. The number of hydrogen-bond acceptors (Lipinski definition) is 8. The number of carbonyl (C=O) groups is 4. The summed E-state index contributed by atoms with van der Waals surface area (Å²) in [5.41, 5.74) is 10.8. The van der Waals surface area contributed by atoms with E-state index in [0.29, 0.717) is 60.5 Å². The SMILES string of the molecule is Cn1c(C(=O)Nc2cccc(-c3cccc(NC(=O)c4nc5c(n4C)CCN(C4CCN(C(N)=O)CC4)C5)c3Cl)c2Cl)nc2c1CCN(CCC13CCC(C(=O)O)(CC1)C3)C2. The molecule has 0 atom stereocenters. The number of benzene rings is 2. The molecule has 2 aromatic heterocycles. The molecule has 5 heterocycles. The van der Waals surface area contributed by atoms with Crippen LogP contribution in [0.15, 0.2) is 36.4 Å². The number of imidazole rings is 2. The summed E-state index contributed by atoms with van der Waals surface area (Å²) in [6, 6.07) is 10.6. The second-order valence-electron chi connectivity index (χ2n) is 17.8. The third-order valence-electron chi connectivity index (χ3n) is 14.5. The van der Waals surface area contributed by atoms with E-state index in [1.807, 2.05) is 35.4 Å². The van der Waals surface area contributed by atoms with Gasteiger partial charge < -0.3 is 35.5 Å². The number of primary amides is 1. The first kappa shape index (κ1) is 41.4. The second kappa shape index (κ2) is 16.1. The van der Waals surface area contributed by atoms with Gasteiger partial charge in [-0.3, -0.25) is 24.2 Å². The van der Waals surface area contributed by atoms with Gasteiger partial charge in [0.15, 0.2) is 11.6 Å². The van der Waals surface area contributed by atoms with Crippen molar-refractivity contribution in [1.82, 2.24) is 33.8 Å². The number of carbonyl (C=O) groups excluding carboxylic acids is 3. The molecule has 9 rings (SSSR count). The zero-order chi connectivity index (χ0) is 42.8. The summed E-state index contributed by atoms with van der Waals surface area (Å²) in [4.78, 5) is 67.2. The first-order chi connectivity index (χ1) is 29.2. The van der Waals surface area contributed by atoms with E-state index < -0.39 is 11.4 Å². The maximum Gasteiger partial charge on any atom is 0.314 e. The van der Waals surface area contributed by atoms with Crippen LogP contribution in [0, 0.1) is 10.8 Å². The molecule has 3 aliphatic heterocycles. The van der Waals surface area contributed by atoms with Crippen LogP contribution in [0.25, 0.3) is 11.1 Å². The van der Waals surface area contributed by atoms with Crippen LogP contribution in [0.4, 0.5) is 16.2 Å². The van der Waals surface area contributed by atoms with Crippen molar-refractivity contribution in [3.63, 3.8) is 0 Å². The monoisotopic (exact) mass is 870 g/mol. The zero-order valence-corrected chi connectivity index (χ0v) is 36.1. The summed E-state index contributed by atoms with van der Waals surface area (Å²) in [6.45, 7) is 5.11. The third-order valence-corrected chi connectivity index (χ3v) is 15.3. The van der Waals surface area contributed by atoms with E-state index in [9.17, 15) is 24.3 Å². The first-order valence-electron chi connectivity index (χ1n) is 21.3. The fourth-order valence-electron chi connectivity index (χ4n) is 10.9. The van der Waals surface area contributed by atoms with Crippen molar-refractivity contribution in [3.8, 4) is 11.1 Å². The average Bonchev–Trinajstić information content (AvgIpc) is 4.02. The van der Waals surface area contributed by atoms with Crippen LogP contribution in [0.3, 0.4) is 0 Å². The number of aromatic nitrogens is 4. The molecular weight excluding hydrogens is 819 g/mol. The van der Waals surface area contributed by atoms with E-state index in [-0.39, 0.29) is 39.1 Å². The van der Waals surface area contributed by atoms with Crippen molar-refractivity contribution < 1.29 is 24.3 Å². The van der Waals surface area contributed by atoms with E-state index in [0.717, 1.165) is 107 Å². The van der Waals surface area contributed by atoms with Gasteiger partial charge in [-0.2, -0.15) is 0 Å². The van der Waals surface area contributed by atoms with Crippen LogP contribution < -0.4 is 16.4 Å². The normalized spacial score (nSPS) is 22.9. The number of nitrogens with zero attached hydrogens (tertiary/aromatic N) is 7. The molecule has 2 bridgehead atoms. The van der Waals surface area contributed by atoms with Crippen molar-refractivity contribution in [1.29, 1.82) is 0 Å². The number of urea groups is 1. The summed E-state index contributed by atoms with van der Waals surface area (Å²) in [6.07, 6.45) is 8.53. The van der Waals surface area contributed by atoms with Crippen molar-refractivity contribution in [2.45, 2.75) is 83.3 Å². The Bertz CT molecular complexity index is 2430. The van der Waals surface area contributed by atoms with E-state index in [2.05, 4.69) is 20.4 Å². The number of likely N-dealkylation sites (tertiary alicyclic amines) is 1. The largest absolute Gasteiger partial charge is 0.481 e. The van der Waals surface area contributed by atoms with Crippen LogP contribution in [0.5, 0.6) is 0 Å². The first-order valence-corrected chi connectivity index (χ1v) is 22.0. The Balaban J connectivity index is 0.850. The summed E-state index contributed by atoms with van der Waals surface area (Å²) in [5.74, 6) is -0.827. The van der Waals surface area contributed by atoms with Gasteiger partial charge in [0.1, 0.15) is 0 Å². The number of halogens is 2.